The molecule has 1 aliphatic carbocycles. The van der Waals surface area contributed by atoms with Crippen molar-refractivity contribution >= 4 is 0 Å². The Morgan fingerprint density at radius 3 is 3.15 bits per heavy atom. The van der Waals surface area contributed by atoms with Gasteiger partial charge in [-0.15, -0.1) is 0 Å². The molecule has 0 aromatic heterocycles. The molecule has 1 aliphatic heterocycles. The van der Waals surface area contributed by atoms with Crippen molar-refractivity contribution in [2.45, 2.75) is 31.7 Å². The van der Waals surface area contributed by atoms with Crippen molar-refractivity contribution in [2.24, 2.45) is 5.92 Å². The van der Waals surface area contributed by atoms with Gasteiger partial charge in [0.1, 0.15) is 0 Å². The Morgan fingerprint density at radius 2 is 2.31 bits per heavy atom. The number of nitrogens with zero attached hydrogens (tertiary/aromatic N) is 1. The Morgan fingerprint density at radius 1 is 1.38 bits per heavy atom. The van der Waals surface area contributed by atoms with E-state index in [1.165, 1.54) is 38.8 Å². The molecule has 0 aromatic rings. The minimum absolute atomic E-state index is 0.0431. The molecule has 2 rings (SSSR count). The number of hydrogen-bond acceptors (Lipinski definition) is 2. The van der Waals surface area contributed by atoms with Crippen molar-refractivity contribution in [3.05, 3.63) is 0 Å². The van der Waals surface area contributed by atoms with Gasteiger partial charge >= 0.3 is 91.9 Å². The van der Waals surface area contributed by atoms with E-state index in [0.29, 0.717) is 0 Å². The molecular formula is C10H19INO-. The maximum absolute atomic E-state index is 5.51. The summed E-state index contributed by atoms with van der Waals surface area (Å²) < 4.78 is 5.51. The van der Waals surface area contributed by atoms with Gasteiger partial charge in [-0.3, -0.25) is 0 Å². The second kappa shape index (κ2) is 4.94. The van der Waals surface area contributed by atoms with Crippen LogP contribution in [-0.4, -0.2) is 35.6 Å². The maximum atomic E-state index is 5.51. The Hall–Kier alpha value is 0.650. The summed E-state index contributed by atoms with van der Waals surface area (Å²) in [6.07, 6.45) is 5.85. The fourth-order valence-corrected chi connectivity index (χ4v) is 3.33. The van der Waals surface area contributed by atoms with E-state index in [1.54, 1.807) is 0 Å². The summed E-state index contributed by atoms with van der Waals surface area (Å²) in [6, 6.07) is 0.914. The van der Waals surface area contributed by atoms with Gasteiger partial charge in [0.05, 0.1) is 0 Å². The first kappa shape index (κ1) is 10.2. The van der Waals surface area contributed by atoms with E-state index in [-0.39, 0.29) is 21.6 Å². The average molecular weight is 296 g/mol. The van der Waals surface area contributed by atoms with Gasteiger partial charge < -0.3 is 0 Å². The van der Waals surface area contributed by atoms with Crippen LogP contribution in [-0.2, 0) is 3.07 Å². The second-order valence-corrected chi connectivity index (χ2v) is 5.63. The predicted octanol–water partition coefficient (Wildman–Crippen LogP) is -1.49. The summed E-state index contributed by atoms with van der Waals surface area (Å²) in [5.41, 5.74) is 0. The topological polar surface area (TPSA) is 12.5 Å². The summed E-state index contributed by atoms with van der Waals surface area (Å²) in [5.74, 6) is 1.07. The number of piperidine rings is 1. The normalized spacial score (nSPS) is 34.2. The van der Waals surface area contributed by atoms with Gasteiger partial charge in [-0.2, -0.15) is 0 Å². The average Bonchev–Trinajstić information content (AvgIpc) is 2.53. The molecule has 1 heterocycles. The Kier molecular flexibility index (Phi) is 3.86. The third kappa shape index (κ3) is 2.57. The Bertz CT molecular complexity index is 165. The molecule has 1 saturated carbocycles. The van der Waals surface area contributed by atoms with Crippen molar-refractivity contribution in [1.29, 1.82) is 0 Å². The van der Waals surface area contributed by atoms with E-state index in [9.17, 15) is 0 Å². The molecule has 0 N–H and O–H groups in total. The molecule has 2 aliphatic rings. The van der Waals surface area contributed by atoms with Crippen LogP contribution >= 0.6 is 0 Å². The van der Waals surface area contributed by atoms with Crippen LogP contribution in [0.2, 0.25) is 0 Å². The SMILES string of the molecule is C[I-]OCCN1CCC2CCC1C2. The Labute approximate surface area is 91.8 Å². The van der Waals surface area contributed by atoms with Gasteiger partial charge in [-0.05, 0) is 0 Å². The molecule has 3 heteroatoms. The van der Waals surface area contributed by atoms with E-state index in [0.717, 1.165) is 18.6 Å². The quantitative estimate of drug-likeness (QED) is 0.356. The Balaban J connectivity index is 1.73. The molecular weight excluding hydrogens is 277 g/mol. The summed E-state index contributed by atoms with van der Waals surface area (Å²) in [5, 5.41) is 0. The molecule has 0 amide bonds. The van der Waals surface area contributed by atoms with Crippen molar-refractivity contribution in [1.82, 2.24) is 4.90 Å². The summed E-state index contributed by atoms with van der Waals surface area (Å²) in [6.45, 7) is 3.50. The van der Waals surface area contributed by atoms with E-state index in [4.69, 9.17) is 3.07 Å². The number of fused-ring (bicyclic) bond motifs is 2. The van der Waals surface area contributed by atoms with E-state index in [2.05, 4.69) is 9.83 Å². The predicted molar refractivity (Wildman–Crippen MR) is 49.2 cm³/mol. The van der Waals surface area contributed by atoms with Gasteiger partial charge in [0, 0.05) is 0 Å². The first-order valence-corrected chi connectivity index (χ1v) is 8.29. The van der Waals surface area contributed by atoms with Crippen LogP contribution in [0.3, 0.4) is 0 Å². The minimum atomic E-state index is 0.0431. The molecule has 78 valence electrons. The van der Waals surface area contributed by atoms with Gasteiger partial charge in [0.2, 0.25) is 0 Å². The van der Waals surface area contributed by atoms with E-state index < -0.39 is 0 Å². The van der Waals surface area contributed by atoms with Crippen molar-refractivity contribution in [3.63, 3.8) is 0 Å². The third-order valence-corrected chi connectivity index (χ3v) is 4.48. The molecule has 13 heavy (non-hydrogen) atoms. The molecule has 1 saturated heterocycles. The van der Waals surface area contributed by atoms with Crippen LogP contribution < -0.4 is 21.6 Å². The van der Waals surface area contributed by atoms with E-state index >= 15 is 0 Å². The summed E-state index contributed by atoms with van der Waals surface area (Å²) >= 11 is 0.0431. The van der Waals surface area contributed by atoms with Crippen LogP contribution in [0.1, 0.15) is 25.7 Å². The first-order chi connectivity index (χ1) is 6.40. The standard InChI is InChI=1S/C10H19INO/c1-11-13-7-6-12-5-4-9-2-3-10(12)8-9/h9-10H,2-8H2,1H3/q-1. The van der Waals surface area contributed by atoms with Crippen molar-refractivity contribution < 1.29 is 24.7 Å². The van der Waals surface area contributed by atoms with Crippen LogP contribution in [0.4, 0.5) is 0 Å². The molecule has 0 radical (unpaired) electrons. The summed E-state index contributed by atoms with van der Waals surface area (Å²) in [4.78, 5) is 4.84. The number of hydrogen-bond donors (Lipinski definition) is 0. The van der Waals surface area contributed by atoms with Gasteiger partial charge in [-0.25, -0.2) is 0 Å². The number of halogens is 1. The fraction of sp³-hybridized carbons (Fsp3) is 1.00. The van der Waals surface area contributed by atoms with Crippen LogP contribution in [0.15, 0.2) is 0 Å². The zero-order valence-electron chi connectivity index (χ0n) is 8.34. The second-order valence-electron chi connectivity index (χ2n) is 4.13. The van der Waals surface area contributed by atoms with E-state index in [1.807, 2.05) is 0 Å². The number of alkyl halides is 1. The van der Waals surface area contributed by atoms with Crippen molar-refractivity contribution in [3.8, 4) is 0 Å². The molecule has 2 nitrogen and oxygen atoms in total. The molecule has 2 atom stereocenters. The monoisotopic (exact) mass is 296 g/mol. The molecule has 0 aromatic carbocycles. The third-order valence-electron chi connectivity index (χ3n) is 3.42. The van der Waals surface area contributed by atoms with Gasteiger partial charge in [0.15, 0.2) is 0 Å². The fourth-order valence-electron chi connectivity index (χ4n) is 2.70. The van der Waals surface area contributed by atoms with Crippen LogP contribution in [0.25, 0.3) is 0 Å². The molecule has 2 bridgehead atoms. The number of likely N-dealkylation sites (tertiary alicyclic amines) is 1. The van der Waals surface area contributed by atoms with Crippen molar-refractivity contribution in [2.75, 3.05) is 24.6 Å². The van der Waals surface area contributed by atoms with Crippen LogP contribution in [0.5, 0.6) is 0 Å². The first-order valence-electron chi connectivity index (χ1n) is 5.25. The van der Waals surface area contributed by atoms with Gasteiger partial charge in [-0.1, -0.05) is 0 Å². The summed E-state index contributed by atoms with van der Waals surface area (Å²) in [7, 11) is 0. The molecule has 2 unspecified atom stereocenters. The van der Waals surface area contributed by atoms with Gasteiger partial charge in [0.25, 0.3) is 0 Å². The number of rotatable bonds is 4. The molecule has 0 spiro atoms. The van der Waals surface area contributed by atoms with Crippen LogP contribution in [0, 0.1) is 5.92 Å². The molecule has 2 fully saturated rings. The zero-order valence-corrected chi connectivity index (χ0v) is 10.5. The zero-order chi connectivity index (χ0) is 9.10.